The maximum Gasteiger partial charge on any atom is 0.289 e. The Hall–Kier alpha value is -1.43. The van der Waals surface area contributed by atoms with E-state index < -0.39 is 17.7 Å². The summed E-state index contributed by atoms with van der Waals surface area (Å²) in [5.74, 6) is -0.744. The van der Waals surface area contributed by atoms with Crippen LogP contribution in [0, 0.1) is 5.92 Å². The highest BCUT2D eigenvalue weighted by Gasteiger charge is 2.34. The molecule has 6 heteroatoms. The van der Waals surface area contributed by atoms with Crippen molar-refractivity contribution in [3.8, 4) is 0 Å². The molecule has 23 heavy (non-hydrogen) atoms. The van der Waals surface area contributed by atoms with Crippen LogP contribution in [0.1, 0.15) is 51.9 Å². The largest absolute Gasteiger partial charge is 0.349 e. The summed E-state index contributed by atoms with van der Waals surface area (Å²) < 4.78 is 0. The van der Waals surface area contributed by atoms with Crippen LogP contribution < -0.4 is 10.6 Å². The molecule has 1 saturated carbocycles. The van der Waals surface area contributed by atoms with E-state index >= 15 is 0 Å². The third-order valence-corrected chi connectivity index (χ3v) is 5.01. The lowest BCUT2D eigenvalue weighted by atomic mass is 9.80. The average molecular weight is 323 g/mol. The van der Waals surface area contributed by atoms with Gasteiger partial charge in [0.1, 0.15) is 0 Å². The SMILES string of the molecule is CCCNC(=O)C(=O)C(CC1CCC1)NC(=O)C1CCCN1C. The van der Waals surface area contributed by atoms with Crippen LogP contribution in [0.4, 0.5) is 0 Å². The normalized spacial score (nSPS) is 23.1. The number of rotatable bonds is 8. The lowest BCUT2D eigenvalue weighted by molar-refractivity contribution is -0.140. The number of carbonyl (C=O) groups excluding carboxylic acids is 3. The van der Waals surface area contributed by atoms with Crippen molar-refractivity contribution in [3.63, 3.8) is 0 Å². The predicted molar refractivity (Wildman–Crippen MR) is 87.8 cm³/mol. The second-order valence-corrected chi connectivity index (χ2v) is 6.85. The summed E-state index contributed by atoms with van der Waals surface area (Å²) in [7, 11) is 1.92. The second kappa shape index (κ2) is 8.43. The topological polar surface area (TPSA) is 78.5 Å². The highest BCUT2D eigenvalue weighted by atomic mass is 16.2. The number of Topliss-reactive ketones (excluding diaryl/α,β-unsaturated/α-hetero) is 1. The number of likely N-dealkylation sites (tertiary alicyclic amines) is 1. The van der Waals surface area contributed by atoms with Crippen molar-refractivity contribution in [1.29, 1.82) is 0 Å². The van der Waals surface area contributed by atoms with E-state index in [1.807, 2.05) is 18.9 Å². The number of hydrogen-bond acceptors (Lipinski definition) is 4. The first-order valence-electron chi connectivity index (χ1n) is 8.85. The minimum absolute atomic E-state index is 0.119. The minimum Gasteiger partial charge on any atom is -0.349 e. The van der Waals surface area contributed by atoms with Crippen LogP contribution in [-0.4, -0.2) is 54.7 Å². The molecule has 2 atom stereocenters. The van der Waals surface area contributed by atoms with Crippen LogP contribution in [0.3, 0.4) is 0 Å². The van der Waals surface area contributed by atoms with Gasteiger partial charge in [0.25, 0.3) is 5.91 Å². The lowest BCUT2D eigenvalue weighted by Crippen LogP contribution is -2.52. The Kier molecular flexibility index (Phi) is 6.57. The van der Waals surface area contributed by atoms with Gasteiger partial charge in [0.2, 0.25) is 11.7 Å². The number of carbonyl (C=O) groups is 3. The van der Waals surface area contributed by atoms with Crippen molar-refractivity contribution in [3.05, 3.63) is 0 Å². The van der Waals surface area contributed by atoms with Gasteiger partial charge in [0.05, 0.1) is 12.1 Å². The molecule has 2 unspecified atom stereocenters. The highest BCUT2D eigenvalue weighted by Crippen LogP contribution is 2.30. The van der Waals surface area contributed by atoms with Crippen molar-refractivity contribution in [2.45, 2.75) is 64.0 Å². The van der Waals surface area contributed by atoms with Crippen molar-refractivity contribution in [2.24, 2.45) is 5.92 Å². The third kappa shape index (κ3) is 4.77. The molecule has 1 aliphatic heterocycles. The van der Waals surface area contributed by atoms with Crippen LogP contribution in [0.15, 0.2) is 0 Å². The van der Waals surface area contributed by atoms with E-state index in [9.17, 15) is 14.4 Å². The molecule has 130 valence electrons. The van der Waals surface area contributed by atoms with Crippen molar-refractivity contribution < 1.29 is 14.4 Å². The predicted octanol–water partition coefficient (Wildman–Crippen LogP) is 0.851. The fourth-order valence-electron chi connectivity index (χ4n) is 3.29. The number of nitrogens with one attached hydrogen (secondary N) is 2. The molecular formula is C17H29N3O3. The zero-order chi connectivity index (χ0) is 16.8. The summed E-state index contributed by atoms with van der Waals surface area (Å²) in [6.45, 7) is 3.32. The van der Waals surface area contributed by atoms with Gasteiger partial charge in [-0.25, -0.2) is 0 Å². The van der Waals surface area contributed by atoms with Gasteiger partial charge in [0, 0.05) is 6.54 Å². The fraction of sp³-hybridized carbons (Fsp3) is 0.824. The maximum absolute atomic E-state index is 12.5. The van der Waals surface area contributed by atoms with E-state index in [2.05, 4.69) is 10.6 Å². The molecule has 0 aromatic heterocycles. The Labute approximate surface area is 138 Å². The van der Waals surface area contributed by atoms with Crippen LogP contribution in [0.2, 0.25) is 0 Å². The van der Waals surface area contributed by atoms with Gasteiger partial charge in [-0.1, -0.05) is 26.2 Å². The van der Waals surface area contributed by atoms with Crippen LogP contribution >= 0.6 is 0 Å². The Morgan fingerprint density at radius 1 is 1.17 bits per heavy atom. The van der Waals surface area contributed by atoms with Gasteiger partial charge in [-0.3, -0.25) is 19.3 Å². The molecule has 2 amide bonds. The molecule has 0 aromatic rings. The summed E-state index contributed by atoms with van der Waals surface area (Å²) >= 11 is 0. The summed E-state index contributed by atoms with van der Waals surface area (Å²) in [5, 5.41) is 5.48. The van der Waals surface area contributed by atoms with Gasteiger partial charge < -0.3 is 10.6 Å². The Balaban J connectivity index is 1.96. The van der Waals surface area contributed by atoms with Crippen molar-refractivity contribution in [2.75, 3.05) is 20.1 Å². The molecule has 1 saturated heterocycles. The summed E-state index contributed by atoms with van der Waals surface area (Å²) in [6.07, 6.45) is 6.51. The molecule has 0 bridgehead atoms. The average Bonchev–Trinajstić information content (AvgIpc) is 2.92. The van der Waals surface area contributed by atoms with Crippen molar-refractivity contribution in [1.82, 2.24) is 15.5 Å². The molecular weight excluding hydrogens is 294 g/mol. The third-order valence-electron chi connectivity index (χ3n) is 5.01. The quantitative estimate of drug-likeness (QED) is 0.649. The monoisotopic (exact) mass is 323 g/mol. The first-order chi connectivity index (χ1) is 11.0. The highest BCUT2D eigenvalue weighted by molar-refractivity contribution is 6.38. The number of hydrogen-bond donors (Lipinski definition) is 2. The van der Waals surface area contributed by atoms with Gasteiger partial charge >= 0.3 is 0 Å². The molecule has 0 radical (unpaired) electrons. The zero-order valence-electron chi connectivity index (χ0n) is 14.3. The molecule has 2 N–H and O–H groups in total. The van der Waals surface area contributed by atoms with Gasteiger partial charge in [-0.05, 0) is 45.2 Å². The molecule has 2 rings (SSSR count). The van der Waals surface area contributed by atoms with E-state index in [4.69, 9.17) is 0 Å². The summed E-state index contributed by atoms with van der Waals surface area (Å²) in [5.41, 5.74) is 0. The van der Waals surface area contributed by atoms with Gasteiger partial charge in [-0.2, -0.15) is 0 Å². The molecule has 2 aliphatic rings. The standard InChI is InChI=1S/C17H29N3O3/c1-3-9-18-17(23)15(21)13(11-12-6-4-7-12)19-16(22)14-8-5-10-20(14)2/h12-14H,3-11H2,1-2H3,(H,18,23)(H,19,22). The van der Waals surface area contributed by atoms with Crippen molar-refractivity contribution >= 4 is 17.6 Å². The minimum atomic E-state index is -0.682. The molecule has 0 aromatic carbocycles. The van der Waals surface area contributed by atoms with Crippen LogP contribution in [0.25, 0.3) is 0 Å². The van der Waals surface area contributed by atoms with E-state index in [1.54, 1.807) is 0 Å². The Bertz CT molecular complexity index is 448. The second-order valence-electron chi connectivity index (χ2n) is 6.85. The van der Waals surface area contributed by atoms with E-state index in [0.717, 1.165) is 38.6 Å². The first kappa shape index (κ1) is 17.9. The van der Waals surface area contributed by atoms with E-state index in [1.165, 1.54) is 6.42 Å². The molecule has 0 spiro atoms. The van der Waals surface area contributed by atoms with Crippen LogP contribution in [-0.2, 0) is 14.4 Å². The number of likely N-dealkylation sites (N-methyl/N-ethyl adjacent to an activating group) is 1. The molecule has 1 heterocycles. The number of amides is 2. The van der Waals surface area contributed by atoms with Gasteiger partial charge in [-0.15, -0.1) is 0 Å². The maximum atomic E-state index is 12.5. The first-order valence-corrected chi connectivity index (χ1v) is 8.85. The lowest BCUT2D eigenvalue weighted by Gasteiger charge is -2.30. The zero-order valence-corrected chi connectivity index (χ0v) is 14.3. The van der Waals surface area contributed by atoms with E-state index in [0.29, 0.717) is 18.9 Å². The summed E-state index contributed by atoms with van der Waals surface area (Å²) in [6, 6.07) is -0.857. The molecule has 1 aliphatic carbocycles. The Morgan fingerprint density at radius 2 is 1.91 bits per heavy atom. The molecule has 6 nitrogen and oxygen atoms in total. The number of nitrogens with zero attached hydrogens (tertiary/aromatic N) is 1. The van der Waals surface area contributed by atoms with Gasteiger partial charge in [0.15, 0.2) is 0 Å². The summed E-state index contributed by atoms with van der Waals surface area (Å²) in [4.78, 5) is 38.9. The van der Waals surface area contributed by atoms with E-state index in [-0.39, 0.29) is 11.9 Å². The Morgan fingerprint density at radius 3 is 2.43 bits per heavy atom. The number of ketones is 1. The van der Waals surface area contributed by atoms with Crippen LogP contribution in [0.5, 0.6) is 0 Å². The smallest absolute Gasteiger partial charge is 0.289 e. The molecule has 2 fully saturated rings. The fourth-order valence-corrected chi connectivity index (χ4v) is 3.29.